The Bertz CT molecular complexity index is 1190. The van der Waals surface area contributed by atoms with E-state index in [1.165, 1.54) is 26.4 Å². The Hall–Kier alpha value is -2.78. The van der Waals surface area contributed by atoms with Crippen LogP contribution in [-0.4, -0.2) is 26.4 Å². The molecule has 2 aromatic carbocycles. The lowest BCUT2D eigenvalue weighted by atomic mass is 9.94. The molecule has 0 radical (unpaired) electrons. The predicted molar refractivity (Wildman–Crippen MR) is 127 cm³/mol. The van der Waals surface area contributed by atoms with Crippen molar-refractivity contribution >= 4 is 28.9 Å². The van der Waals surface area contributed by atoms with Crippen LogP contribution in [0.3, 0.4) is 0 Å². The highest BCUT2D eigenvalue weighted by Crippen LogP contribution is 2.49. The molecule has 0 aliphatic rings. The first-order valence-corrected chi connectivity index (χ1v) is 11.7. The van der Waals surface area contributed by atoms with Crippen molar-refractivity contribution in [3.63, 3.8) is 0 Å². The number of thiophene rings is 1. The largest absolute Gasteiger partial charge is 0.497 e. The molecule has 10 heteroatoms. The Labute approximate surface area is 209 Å². The van der Waals surface area contributed by atoms with Crippen LogP contribution in [0.4, 0.5) is 17.6 Å². The van der Waals surface area contributed by atoms with E-state index in [4.69, 9.17) is 21.1 Å². The first kappa shape index (κ1) is 26.8. The summed E-state index contributed by atoms with van der Waals surface area (Å²) in [4.78, 5) is 11.5. The number of halogens is 5. The van der Waals surface area contributed by atoms with E-state index in [0.29, 0.717) is 17.9 Å². The van der Waals surface area contributed by atoms with E-state index in [2.05, 4.69) is 4.74 Å². The number of esters is 1. The van der Waals surface area contributed by atoms with Gasteiger partial charge in [-0.2, -0.15) is 13.2 Å². The van der Waals surface area contributed by atoms with Gasteiger partial charge in [-0.3, -0.25) is 4.79 Å². The third kappa shape index (κ3) is 6.46. The minimum atomic E-state index is -4.59. The van der Waals surface area contributed by atoms with Gasteiger partial charge >= 0.3 is 12.1 Å². The second-order valence-corrected chi connectivity index (χ2v) is 9.34. The summed E-state index contributed by atoms with van der Waals surface area (Å²) in [6.07, 6.45) is -3.99. The molecule has 0 N–H and O–H groups in total. The highest BCUT2D eigenvalue weighted by atomic mass is 35.5. The fourth-order valence-electron chi connectivity index (χ4n) is 3.51. The number of hydrogen-bond acceptors (Lipinski definition) is 5. The number of methoxy groups -OCH3 is 2. The summed E-state index contributed by atoms with van der Waals surface area (Å²) in [7, 11) is 2.69. The van der Waals surface area contributed by atoms with Gasteiger partial charge in [0.05, 0.1) is 20.1 Å². The van der Waals surface area contributed by atoms with Crippen LogP contribution in [0.25, 0.3) is 10.4 Å². The van der Waals surface area contributed by atoms with Crippen molar-refractivity contribution < 1.29 is 36.6 Å². The number of rotatable bonds is 9. The molecular formula is C25H23ClF4O4S. The van der Waals surface area contributed by atoms with Crippen LogP contribution in [0.5, 0.6) is 11.5 Å². The lowest BCUT2D eigenvalue weighted by molar-refractivity contribution is -0.146. The van der Waals surface area contributed by atoms with Gasteiger partial charge in [0.2, 0.25) is 0 Å². The molecule has 3 rings (SSSR count). The van der Waals surface area contributed by atoms with Crippen molar-refractivity contribution in [3.8, 4) is 21.9 Å². The summed E-state index contributed by atoms with van der Waals surface area (Å²) in [6.45, 7) is 0.758. The molecule has 0 bridgehead atoms. The zero-order chi connectivity index (χ0) is 25.8. The summed E-state index contributed by atoms with van der Waals surface area (Å²) in [5.41, 5.74) is 0.769. The van der Waals surface area contributed by atoms with Gasteiger partial charge in [-0.05, 0) is 54.8 Å². The number of ether oxygens (including phenoxy) is 3. The summed E-state index contributed by atoms with van der Waals surface area (Å²) in [5.74, 6) is -2.26. The minimum Gasteiger partial charge on any atom is -0.497 e. The number of carbonyl (C=O) groups is 1. The Morgan fingerprint density at radius 2 is 1.86 bits per heavy atom. The van der Waals surface area contributed by atoms with Crippen molar-refractivity contribution in [2.45, 2.75) is 38.5 Å². The van der Waals surface area contributed by atoms with E-state index in [1.807, 2.05) is 0 Å². The highest BCUT2D eigenvalue weighted by Gasteiger charge is 2.41. The monoisotopic (exact) mass is 530 g/mol. The molecule has 1 atom stereocenters. The Kier molecular flexibility index (Phi) is 8.66. The quantitative estimate of drug-likeness (QED) is 0.211. The van der Waals surface area contributed by atoms with Gasteiger partial charge in [0.15, 0.2) is 0 Å². The molecule has 0 saturated heterocycles. The average Bonchev–Trinajstić information content (AvgIpc) is 3.16. The van der Waals surface area contributed by atoms with Crippen LogP contribution in [0.15, 0.2) is 42.5 Å². The molecule has 0 aliphatic heterocycles. The van der Waals surface area contributed by atoms with Gasteiger partial charge < -0.3 is 14.2 Å². The van der Waals surface area contributed by atoms with E-state index >= 15 is 0 Å². The van der Waals surface area contributed by atoms with Crippen molar-refractivity contribution in [2.24, 2.45) is 0 Å². The third-order valence-corrected chi connectivity index (χ3v) is 7.00. The van der Waals surface area contributed by atoms with Crippen LogP contribution in [0, 0.1) is 5.82 Å². The molecule has 0 saturated carbocycles. The van der Waals surface area contributed by atoms with Crippen LogP contribution in [0.1, 0.15) is 36.0 Å². The minimum absolute atomic E-state index is 0.0293. The fraction of sp³-hybridized carbons (Fsp3) is 0.320. The molecule has 1 aromatic heterocycles. The standard InChI is InChI=1S/C25H23ClF4O4S/c1-14(25(28,29)30)22-19(13-34-17-6-4-5-15(11-17)7-10-21(31)33-3)24(26)35-23(22)18-12-16(32-2)8-9-20(18)27/h4-6,8-9,11-12,14H,7,10,13H2,1-3H3. The number of carbonyl (C=O) groups excluding carboxylic acids is 1. The van der Waals surface area contributed by atoms with E-state index in [-0.39, 0.29) is 44.9 Å². The van der Waals surface area contributed by atoms with Gasteiger partial charge in [0.1, 0.15) is 28.3 Å². The maximum Gasteiger partial charge on any atom is 0.395 e. The molecule has 3 aromatic rings. The molecule has 0 spiro atoms. The van der Waals surface area contributed by atoms with E-state index in [0.717, 1.165) is 29.9 Å². The van der Waals surface area contributed by atoms with Crippen molar-refractivity contribution in [1.29, 1.82) is 0 Å². The lowest BCUT2D eigenvalue weighted by Crippen LogP contribution is -2.19. The van der Waals surface area contributed by atoms with E-state index < -0.39 is 17.9 Å². The molecule has 35 heavy (non-hydrogen) atoms. The van der Waals surface area contributed by atoms with Gasteiger partial charge in [0.25, 0.3) is 0 Å². The predicted octanol–water partition coefficient (Wildman–Crippen LogP) is 7.57. The zero-order valence-electron chi connectivity index (χ0n) is 19.2. The van der Waals surface area contributed by atoms with Crippen LogP contribution < -0.4 is 9.47 Å². The Morgan fingerprint density at radius 1 is 1.11 bits per heavy atom. The van der Waals surface area contributed by atoms with Gasteiger partial charge in [-0.15, -0.1) is 11.3 Å². The first-order valence-electron chi connectivity index (χ1n) is 10.5. The van der Waals surface area contributed by atoms with Gasteiger partial charge in [-0.25, -0.2) is 4.39 Å². The Morgan fingerprint density at radius 3 is 2.51 bits per heavy atom. The first-order chi connectivity index (χ1) is 16.5. The third-order valence-electron chi connectivity index (χ3n) is 5.47. The fourth-order valence-corrected chi connectivity index (χ4v) is 5.04. The van der Waals surface area contributed by atoms with Crippen molar-refractivity contribution in [1.82, 2.24) is 0 Å². The number of aryl methyl sites for hydroxylation is 1. The Balaban J connectivity index is 1.97. The SMILES string of the molecule is COC(=O)CCc1cccc(OCc2c(Cl)sc(-c3cc(OC)ccc3F)c2C(C)C(F)(F)F)c1. The molecule has 1 heterocycles. The molecule has 188 valence electrons. The van der Waals surface area contributed by atoms with E-state index in [1.54, 1.807) is 24.3 Å². The maximum atomic E-state index is 14.7. The number of hydrogen-bond donors (Lipinski definition) is 0. The summed E-state index contributed by atoms with van der Waals surface area (Å²) >= 11 is 7.25. The van der Waals surface area contributed by atoms with Gasteiger partial charge in [0, 0.05) is 22.4 Å². The summed E-state index contributed by atoms with van der Waals surface area (Å²) in [5, 5.41) is 0. The molecule has 0 amide bonds. The number of alkyl halides is 3. The number of benzene rings is 2. The van der Waals surface area contributed by atoms with Crippen LogP contribution in [-0.2, 0) is 22.6 Å². The average molecular weight is 531 g/mol. The topological polar surface area (TPSA) is 44.8 Å². The molecule has 1 unspecified atom stereocenters. The lowest BCUT2D eigenvalue weighted by Gasteiger charge is -2.19. The second kappa shape index (κ2) is 11.3. The zero-order valence-corrected chi connectivity index (χ0v) is 20.7. The molecule has 0 aliphatic carbocycles. The molecule has 0 fully saturated rings. The van der Waals surface area contributed by atoms with Crippen LogP contribution >= 0.6 is 22.9 Å². The summed E-state index contributed by atoms with van der Waals surface area (Å²) < 4.78 is 71.8. The normalized spacial score (nSPS) is 12.3. The van der Waals surface area contributed by atoms with Crippen molar-refractivity contribution in [3.05, 3.63) is 69.3 Å². The molecular weight excluding hydrogens is 508 g/mol. The smallest absolute Gasteiger partial charge is 0.395 e. The van der Waals surface area contributed by atoms with Gasteiger partial charge in [-0.1, -0.05) is 23.7 Å². The van der Waals surface area contributed by atoms with E-state index in [9.17, 15) is 22.4 Å². The van der Waals surface area contributed by atoms with Crippen molar-refractivity contribution in [2.75, 3.05) is 14.2 Å². The molecule has 4 nitrogen and oxygen atoms in total. The second-order valence-electron chi connectivity index (χ2n) is 7.72. The maximum absolute atomic E-state index is 14.7. The highest BCUT2D eigenvalue weighted by molar-refractivity contribution is 7.19. The van der Waals surface area contributed by atoms with Crippen LogP contribution in [0.2, 0.25) is 4.34 Å². The summed E-state index contributed by atoms with van der Waals surface area (Å²) in [6, 6.07) is 10.7.